The summed E-state index contributed by atoms with van der Waals surface area (Å²) in [5.41, 5.74) is 2.65. The van der Waals surface area contributed by atoms with Crippen LogP contribution in [0.3, 0.4) is 0 Å². The minimum atomic E-state index is -0.302. The molecule has 2 aromatic heterocycles. The Labute approximate surface area is 203 Å². The SMILES string of the molecule is Cc1ccc(Cl)c(OCc2csc(C(=O)Nc3ncn(Cc4c(Cl)cccc4Cl)n3)c2)c1. The van der Waals surface area contributed by atoms with Gasteiger partial charge in [0.15, 0.2) is 0 Å². The van der Waals surface area contributed by atoms with Gasteiger partial charge in [0.1, 0.15) is 18.7 Å². The van der Waals surface area contributed by atoms with Crippen LogP contribution in [-0.2, 0) is 13.2 Å². The van der Waals surface area contributed by atoms with Gasteiger partial charge < -0.3 is 4.74 Å². The van der Waals surface area contributed by atoms with E-state index in [4.69, 9.17) is 39.5 Å². The highest BCUT2D eigenvalue weighted by Gasteiger charge is 2.14. The molecule has 4 aromatic rings. The molecule has 0 atom stereocenters. The number of hydrogen-bond acceptors (Lipinski definition) is 5. The lowest BCUT2D eigenvalue weighted by atomic mass is 10.2. The topological polar surface area (TPSA) is 69.0 Å². The van der Waals surface area contributed by atoms with Crippen molar-refractivity contribution in [2.24, 2.45) is 0 Å². The fourth-order valence-electron chi connectivity index (χ4n) is 2.89. The number of hydrogen-bond donors (Lipinski definition) is 1. The molecular weight excluding hydrogens is 491 g/mol. The minimum Gasteiger partial charge on any atom is -0.487 e. The zero-order valence-electron chi connectivity index (χ0n) is 16.8. The fourth-order valence-corrected chi connectivity index (χ4v) is 4.37. The van der Waals surface area contributed by atoms with Crippen LogP contribution in [0.1, 0.15) is 26.4 Å². The van der Waals surface area contributed by atoms with E-state index in [-0.39, 0.29) is 11.9 Å². The maximum atomic E-state index is 12.6. The number of amides is 1. The van der Waals surface area contributed by atoms with Crippen molar-refractivity contribution in [2.45, 2.75) is 20.1 Å². The average molecular weight is 508 g/mol. The number of carbonyl (C=O) groups is 1. The van der Waals surface area contributed by atoms with Gasteiger partial charge in [-0.1, -0.05) is 46.9 Å². The standard InChI is InChI=1S/C22H17Cl3N4O2S/c1-13-5-6-18(25)19(7-13)31-10-14-8-20(32-11-14)21(30)27-22-26-12-29(28-22)9-15-16(23)3-2-4-17(15)24/h2-8,11-12H,9-10H2,1H3,(H,27,28,30). The summed E-state index contributed by atoms with van der Waals surface area (Å²) in [6.45, 7) is 2.61. The summed E-state index contributed by atoms with van der Waals surface area (Å²) >= 11 is 19.9. The lowest BCUT2D eigenvalue weighted by molar-refractivity contribution is 0.102. The number of nitrogens with zero attached hydrogens (tertiary/aromatic N) is 3. The summed E-state index contributed by atoms with van der Waals surface area (Å²) < 4.78 is 7.35. The third-order valence-corrected chi connectivity index (χ3v) is 6.50. The van der Waals surface area contributed by atoms with Crippen LogP contribution >= 0.6 is 46.1 Å². The van der Waals surface area contributed by atoms with Crippen molar-refractivity contribution in [1.82, 2.24) is 14.8 Å². The molecule has 1 amide bonds. The lowest BCUT2D eigenvalue weighted by Crippen LogP contribution is -2.12. The zero-order chi connectivity index (χ0) is 22.7. The molecule has 0 radical (unpaired) electrons. The number of rotatable bonds is 7. The highest BCUT2D eigenvalue weighted by Crippen LogP contribution is 2.27. The van der Waals surface area contributed by atoms with Crippen molar-refractivity contribution in [3.63, 3.8) is 0 Å². The van der Waals surface area contributed by atoms with E-state index >= 15 is 0 Å². The predicted octanol–water partition coefficient (Wildman–Crippen LogP) is 6.49. The fraction of sp³-hybridized carbons (Fsp3) is 0.136. The third kappa shape index (κ3) is 5.42. The number of carbonyl (C=O) groups excluding carboxylic acids is 1. The highest BCUT2D eigenvalue weighted by molar-refractivity contribution is 7.12. The Balaban J connectivity index is 1.37. The molecule has 0 aliphatic rings. The first-order chi connectivity index (χ1) is 15.4. The van der Waals surface area contributed by atoms with Gasteiger partial charge in [-0.05, 0) is 48.2 Å². The largest absolute Gasteiger partial charge is 0.487 e. The van der Waals surface area contributed by atoms with E-state index in [2.05, 4.69) is 15.4 Å². The van der Waals surface area contributed by atoms with E-state index in [9.17, 15) is 4.79 Å². The number of benzene rings is 2. The summed E-state index contributed by atoms with van der Waals surface area (Å²) in [5, 5.41) is 10.5. The molecule has 0 saturated heterocycles. The van der Waals surface area contributed by atoms with Gasteiger partial charge in [0.2, 0.25) is 5.95 Å². The van der Waals surface area contributed by atoms with Gasteiger partial charge in [0.25, 0.3) is 5.91 Å². The van der Waals surface area contributed by atoms with Gasteiger partial charge in [-0.2, -0.15) is 0 Å². The number of thiophene rings is 1. The number of anilines is 1. The van der Waals surface area contributed by atoms with Crippen LogP contribution in [-0.4, -0.2) is 20.7 Å². The van der Waals surface area contributed by atoms with Crippen LogP contribution in [0.15, 0.2) is 54.2 Å². The zero-order valence-corrected chi connectivity index (χ0v) is 19.9. The first-order valence-corrected chi connectivity index (χ1v) is 11.5. The average Bonchev–Trinajstić information content (AvgIpc) is 3.41. The van der Waals surface area contributed by atoms with Gasteiger partial charge in [0, 0.05) is 21.2 Å². The van der Waals surface area contributed by atoms with Crippen LogP contribution in [0.25, 0.3) is 0 Å². The maximum Gasteiger partial charge on any atom is 0.268 e. The molecule has 0 saturated carbocycles. The number of halogens is 3. The van der Waals surface area contributed by atoms with Gasteiger partial charge >= 0.3 is 0 Å². The second kappa shape index (κ2) is 9.92. The smallest absolute Gasteiger partial charge is 0.268 e. The predicted molar refractivity (Wildman–Crippen MR) is 128 cm³/mol. The molecule has 0 aliphatic heterocycles. The molecule has 1 N–H and O–H groups in total. The molecule has 164 valence electrons. The molecule has 6 nitrogen and oxygen atoms in total. The normalized spacial score (nSPS) is 10.9. The van der Waals surface area contributed by atoms with Crippen LogP contribution < -0.4 is 10.1 Å². The summed E-state index contributed by atoms with van der Waals surface area (Å²) in [4.78, 5) is 17.2. The quantitative estimate of drug-likeness (QED) is 0.310. The molecular formula is C22H17Cl3N4O2S. The van der Waals surface area contributed by atoms with Crippen molar-refractivity contribution < 1.29 is 9.53 Å². The number of aromatic nitrogens is 3. The molecule has 0 aliphatic carbocycles. The summed E-state index contributed by atoms with van der Waals surface area (Å²) in [5.74, 6) is 0.497. The van der Waals surface area contributed by atoms with E-state index in [1.807, 2.05) is 24.4 Å². The van der Waals surface area contributed by atoms with Crippen LogP contribution in [0.2, 0.25) is 15.1 Å². The first kappa shape index (κ1) is 22.6. The van der Waals surface area contributed by atoms with Gasteiger partial charge in [-0.25, -0.2) is 9.67 Å². The van der Waals surface area contributed by atoms with E-state index < -0.39 is 0 Å². The molecule has 0 fully saturated rings. The molecule has 4 rings (SSSR count). The summed E-state index contributed by atoms with van der Waals surface area (Å²) in [6.07, 6.45) is 1.51. The molecule has 0 spiro atoms. The molecule has 2 aromatic carbocycles. The number of ether oxygens (including phenoxy) is 1. The Morgan fingerprint density at radius 1 is 1.12 bits per heavy atom. The van der Waals surface area contributed by atoms with Crippen molar-refractivity contribution in [3.8, 4) is 5.75 Å². The first-order valence-electron chi connectivity index (χ1n) is 9.49. The van der Waals surface area contributed by atoms with E-state index in [0.29, 0.717) is 38.8 Å². The monoisotopic (exact) mass is 506 g/mol. The molecule has 10 heteroatoms. The third-order valence-electron chi connectivity index (χ3n) is 4.50. The lowest BCUT2D eigenvalue weighted by Gasteiger charge is -2.07. The summed E-state index contributed by atoms with van der Waals surface area (Å²) in [7, 11) is 0. The maximum absolute atomic E-state index is 12.6. The number of aryl methyl sites for hydroxylation is 1. The van der Waals surface area contributed by atoms with Crippen molar-refractivity contribution >= 4 is 58.0 Å². The van der Waals surface area contributed by atoms with Crippen LogP contribution in [0.5, 0.6) is 5.75 Å². The second-order valence-corrected chi connectivity index (χ2v) is 9.09. The second-order valence-electron chi connectivity index (χ2n) is 6.96. The van der Waals surface area contributed by atoms with E-state index in [1.54, 1.807) is 35.0 Å². The Kier molecular flexibility index (Phi) is 7.01. The Bertz CT molecular complexity index is 1250. The summed E-state index contributed by atoms with van der Waals surface area (Å²) in [6, 6.07) is 12.6. The van der Waals surface area contributed by atoms with Gasteiger partial charge in [-0.3, -0.25) is 10.1 Å². The molecule has 0 bridgehead atoms. The van der Waals surface area contributed by atoms with Crippen molar-refractivity contribution in [1.29, 1.82) is 0 Å². The Morgan fingerprint density at radius 3 is 2.69 bits per heavy atom. The van der Waals surface area contributed by atoms with E-state index in [1.165, 1.54) is 17.7 Å². The van der Waals surface area contributed by atoms with E-state index in [0.717, 1.165) is 16.7 Å². The highest BCUT2D eigenvalue weighted by atomic mass is 35.5. The minimum absolute atomic E-state index is 0.191. The van der Waals surface area contributed by atoms with Crippen molar-refractivity contribution in [2.75, 3.05) is 5.32 Å². The van der Waals surface area contributed by atoms with Gasteiger partial charge in [0.05, 0.1) is 16.4 Å². The van der Waals surface area contributed by atoms with Gasteiger partial charge in [-0.15, -0.1) is 16.4 Å². The van der Waals surface area contributed by atoms with Crippen LogP contribution in [0, 0.1) is 6.92 Å². The Morgan fingerprint density at radius 2 is 1.91 bits per heavy atom. The van der Waals surface area contributed by atoms with Crippen LogP contribution in [0.4, 0.5) is 5.95 Å². The Hall–Kier alpha value is -2.58. The molecule has 2 heterocycles. The number of nitrogens with one attached hydrogen (secondary N) is 1. The molecule has 32 heavy (non-hydrogen) atoms. The van der Waals surface area contributed by atoms with Crippen molar-refractivity contribution in [3.05, 3.63) is 90.8 Å². The molecule has 0 unspecified atom stereocenters.